The Bertz CT molecular complexity index is 1910. The van der Waals surface area contributed by atoms with Crippen molar-refractivity contribution in [3.05, 3.63) is 114 Å². The van der Waals surface area contributed by atoms with Gasteiger partial charge in [0, 0.05) is 31.7 Å². The second-order valence-electron chi connectivity index (χ2n) is 11.8. The zero-order valence-corrected chi connectivity index (χ0v) is 24.0. The maximum Gasteiger partial charge on any atom is 0.115 e. The molecule has 0 N–H and O–H groups in total. The summed E-state index contributed by atoms with van der Waals surface area (Å²) in [5.41, 5.74) is 9.49. The summed E-state index contributed by atoms with van der Waals surface area (Å²) in [4.78, 5) is 2.93. The first-order valence-corrected chi connectivity index (χ1v) is 17.3. The van der Waals surface area contributed by atoms with E-state index in [2.05, 4.69) is 135 Å². The van der Waals surface area contributed by atoms with Crippen LogP contribution in [0.5, 0.6) is 0 Å². The number of benzene rings is 5. The summed E-state index contributed by atoms with van der Waals surface area (Å²) < 4.78 is 2.45. The van der Waals surface area contributed by atoms with Crippen molar-refractivity contribution >= 4 is 52.0 Å². The number of hydrogen-bond donors (Lipinski definition) is 0. The fraction of sp³-hybridized carbons (Fsp3) is 0.143. The Morgan fingerprint density at radius 2 is 1.29 bits per heavy atom. The second-order valence-corrected chi connectivity index (χ2v) is 17.2. The monoisotopic (exact) mass is 523 g/mol. The Labute approximate surface area is 229 Å². The van der Waals surface area contributed by atoms with Crippen LogP contribution in [0.25, 0.3) is 38.6 Å². The molecule has 1 nitrogen and oxygen atoms in total. The summed E-state index contributed by atoms with van der Waals surface area (Å²) in [5, 5.41) is 5.75. The van der Waals surface area contributed by atoms with Gasteiger partial charge in [-0.1, -0.05) is 111 Å². The second kappa shape index (κ2) is 7.53. The molecule has 1 aromatic heterocycles. The van der Waals surface area contributed by atoms with Crippen molar-refractivity contribution < 1.29 is 0 Å². The van der Waals surface area contributed by atoms with E-state index in [0.29, 0.717) is 0 Å². The normalized spacial score (nSPS) is 16.2. The Balaban J connectivity index is 1.42. The Morgan fingerprint density at radius 1 is 0.658 bits per heavy atom. The number of nitrogens with zero attached hydrogens (tertiary/aromatic N) is 1. The summed E-state index contributed by atoms with van der Waals surface area (Å²) in [6, 6.07) is 38.8. The first-order valence-electron chi connectivity index (χ1n) is 13.5. The summed E-state index contributed by atoms with van der Waals surface area (Å²) in [5.74, 6) is 0. The molecule has 38 heavy (non-hydrogen) atoms. The van der Waals surface area contributed by atoms with Gasteiger partial charge in [-0.05, 0) is 63.0 Å². The molecule has 3 heteroatoms. The molecule has 0 spiro atoms. The third-order valence-corrected chi connectivity index (χ3v) is 14.2. The molecule has 1 aliphatic heterocycles. The van der Waals surface area contributed by atoms with Crippen molar-refractivity contribution in [3.8, 4) is 16.8 Å². The van der Waals surface area contributed by atoms with Gasteiger partial charge in [0.05, 0.1) is 11.0 Å². The van der Waals surface area contributed by atoms with Gasteiger partial charge in [0.1, 0.15) is 8.07 Å². The maximum atomic E-state index is 2.52. The molecule has 6 aromatic rings. The number of rotatable bonds is 1. The Kier molecular flexibility index (Phi) is 4.45. The van der Waals surface area contributed by atoms with Gasteiger partial charge in [0.15, 0.2) is 0 Å². The molecule has 0 saturated heterocycles. The maximum absolute atomic E-state index is 2.52. The first-order chi connectivity index (χ1) is 18.4. The van der Waals surface area contributed by atoms with Crippen LogP contribution in [0.2, 0.25) is 13.1 Å². The minimum atomic E-state index is -1.81. The van der Waals surface area contributed by atoms with Crippen molar-refractivity contribution in [3.63, 3.8) is 0 Å². The molecule has 184 valence electrons. The van der Waals surface area contributed by atoms with E-state index < -0.39 is 8.07 Å². The van der Waals surface area contributed by atoms with E-state index in [0.717, 1.165) is 0 Å². The van der Waals surface area contributed by atoms with Gasteiger partial charge in [0.25, 0.3) is 0 Å². The van der Waals surface area contributed by atoms with Crippen LogP contribution in [0.3, 0.4) is 0 Å². The highest BCUT2D eigenvalue weighted by atomic mass is 32.2. The van der Waals surface area contributed by atoms with E-state index in [1.165, 1.54) is 59.5 Å². The van der Waals surface area contributed by atoms with Crippen LogP contribution in [0, 0.1) is 0 Å². The smallest absolute Gasteiger partial charge is 0.115 e. The van der Waals surface area contributed by atoms with Gasteiger partial charge in [-0.25, -0.2) is 0 Å². The van der Waals surface area contributed by atoms with Crippen LogP contribution < -0.4 is 10.4 Å². The quantitative estimate of drug-likeness (QED) is 0.196. The number of aromatic nitrogens is 1. The van der Waals surface area contributed by atoms with Gasteiger partial charge in [-0.15, -0.1) is 0 Å². The third-order valence-electron chi connectivity index (χ3n) is 9.06. The molecule has 1 aliphatic carbocycles. The van der Waals surface area contributed by atoms with Crippen molar-refractivity contribution in [2.75, 3.05) is 0 Å². The standard InChI is InChI=1S/C35H29NSSi/c1-35(2)26-18-17-22(36-28-13-7-5-11-23(28)24-12-6-8-14-29(24)36)21-25(26)33-27(35)19-20-32-34(33)37-30-15-9-10-16-31(30)38(32,3)4/h5-21H,1-4H3. The van der Waals surface area contributed by atoms with Crippen LogP contribution in [0.15, 0.2) is 113 Å². The van der Waals surface area contributed by atoms with Crippen LogP contribution in [-0.2, 0) is 5.41 Å². The van der Waals surface area contributed by atoms with Gasteiger partial charge in [-0.2, -0.15) is 0 Å². The van der Waals surface area contributed by atoms with Crippen molar-refractivity contribution in [2.24, 2.45) is 0 Å². The molecule has 5 aromatic carbocycles. The molecule has 2 aliphatic rings. The van der Waals surface area contributed by atoms with Crippen LogP contribution >= 0.6 is 11.8 Å². The minimum absolute atomic E-state index is 0.0255. The average Bonchev–Trinajstić information content (AvgIpc) is 3.38. The molecule has 0 atom stereocenters. The fourth-order valence-corrected chi connectivity index (χ4v) is 12.6. The number of hydrogen-bond acceptors (Lipinski definition) is 1. The third kappa shape index (κ3) is 2.78. The molecule has 0 fully saturated rings. The fourth-order valence-electron chi connectivity index (χ4n) is 7.07. The molecular formula is C35H29NSSi. The first kappa shape index (κ1) is 22.5. The highest BCUT2D eigenvalue weighted by Crippen LogP contribution is 2.54. The van der Waals surface area contributed by atoms with E-state index in [-0.39, 0.29) is 5.41 Å². The van der Waals surface area contributed by atoms with Gasteiger partial charge in [-0.3, -0.25) is 0 Å². The number of fused-ring (bicyclic) bond motifs is 9. The molecule has 0 unspecified atom stereocenters. The molecule has 8 rings (SSSR count). The van der Waals surface area contributed by atoms with Crippen molar-refractivity contribution in [2.45, 2.75) is 42.1 Å². The SMILES string of the molecule is CC1(C)c2ccc(-n3c4ccccc4c4ccccc43)cc2-c2c1ccc1c2Sc2ccccc2[Si]1(C)C. The number of para-hydroxylation sites is 2. The average molecular weight is 524 g/mol. The zero-order chi connectivity index (χ0) is 25.8. The van der Waals surface area contributed by atoms with Crippen molar-refractivity contribution in [1.82, 2.24) is 4.57 Å². The topological polar surface area (TPSA) is 4.93 Å². The van der Waals surface area contributed by atoms with Crippen LogP contribution in [-0.4, -0.2) is 12.6 Å². The Hall–Kier alpha value is -3.53. The lowest BCUT2D eigenvalue weighted by Crippen LogP contribution is -2.56. The van der Waals surface area contributed by atoms with Crippen LogP contribution in [0.1, 0.15) is 25.0 Å². The lowest BCUT2D eigenvalue weighted by molar-refractivity contribution is 0.659. The molecule has 0 saturated carbocycles. The van der Waals surface area contributed by atoms with Crippen LogP contribution in [0.4, 0.5) is 0 Å². The van der Waals surface area contributed by atoms with E-state index in [9.17, 15) is 0 Å². The van der Waals surface area contributed by atoms with Crippen molar-refractivity contribution in [1.29, 1.82) is 0 Å². The highest BCUT2D eigenvalue weighted by Gasteiger charge is 2.42. The molecule has 0 amide bonds. The van der Waals surface area contributed by atoms with E-state index in [1.807, 2.05) is 11.8 Å². The van der Waals surface area contributed by atoms with E-state index >= 15 is 0 Å². The van der Waals surface area contributed by atoms with E-state index in [1.54, 1.807) is 10.4 Å². The minimum Gasteiger partial charge on any atom is -0.309 e. The Morgan fingerprint density at radius 3 is 2.03 bits per heavy atom. The lowest BCUT2D eigenvalue weighted by Gasteiger charge is -2.34. The molecule has 2 heterocycles. The molecule has 0 bridgehead atoms. The largest absolute Gasteiger partial charge is 0.309 e. The predicted molar refractivity (Wildman–Crippen MR) is 166 cm³/mol. The summed E-state index contributed by atoms with van der Waals surface area (Å²) >= 11 is 1.99. The van der Waals surface area contributed by atoms with Gasteiger partial charge < -0.3 is 4.57 Å². The summed E-state index contributed by atoms with van der Waals surface area (Å²) in [6.45, 7) is 9.83. The predicted octanol–water partition coefficient (Wildman–Crippen LogP) is 8.38. The van der Waals surface area contributed by atoms with Gasteiger partial charge in [0.2, 0.25) is 0 Å². The van der Waals surface area contributed by atoms with Gasteiger partial charge >= 0.3 is 0 Å². The summed E-state index contributed by atoms with van der Waals surface area (Å²) in [6.07, 6.45) is 0. The molecular weight excluding hydrogens is 495 g/mol. The molecule has 0 radical (unpaired) electrons. The summed E-state index contributed by atoms with van der Waals surface area (Å²) in [7, 11) is -1.81. The highest BCUT2D eigenvalue weighted by molar-refractivity contribution is 8.00. The lowest BCUT2D eigenvalue weighted by atomic mass is 9.82. The zero-order valence-electron chi connectivity index (χ0n) is 22.2. The van der Waals surface area contributed by atoms with E-state index in [4.69, 9.17) is 0 Å².